The number of alkyl halides is 1. The lowest BCUT2D eigenvalue weighted by Crippen LogP contribution is -2.43. The van der Waals surface area contributed by atoms with Gasteiger partial charge in [0.15, 0.2) is 0 Å². The standard InChI is InChI=1S/C10H18BrNO/c1-7-5-3-4-6-9(7)12-10(13)8(2)11/h7-9H,3-6H2,1-2H3,(H,12,13). The molecule has 0 heterocycles. The Morgan fingerprint density at radius 2 is 2.08 bits per heavy atom. The van der Waals surface area contributed by atoms with Gasteiger partial charge in [-0.2, -0.15) is 0 Å². The summed E-state index contributed by atoms with van der Waals surface area (Å²) in [5.74, 6) is 0.766. The van der Waals surface area contributed by atoms with E-state index in [0.29, 0.717) is 12.0 Å². The lowest BCUT2D eigenvalue weighted by atomic mass is 9.86. The Hall–Kier alpha value is -0.0500. The predicted octanol–water partition coefficient (Wildman–Crippen LogP) is 2.46. The van der Waals surface area contributed by atoms with Gasteiger partial charge in [0.25, 0.3) is 0 Å². The molecule has 0 aromatic rings. The molecule has 13 heavy (non-hydrogen) atoms. The van der Waals surface area contributed by atoms with Crippen molar-refractivity contribution in [3.8, 4) is 0 Å². The van der Waals surface area contributed by atoms with Crippen molar-refractivity contribution in [2.75, 3.05) is 0 Å². The molecule has 3 heteroatoms. The van der Waals surface area contributed by atoms with Gasteiger partial charge in [-0.25, -0.2) is 0 Å². The van der Waals surface area contributed by atoms with Crippen LogP contribution < -0.4 is 5.32 Å². The van der Waals surface area contributed by atoms with Gasteiger partial charge in [-0.05, 0) is 25.7 Å². The van der Waals surface area contributed by atoms with Gasteiger partial charge >= 0.3 is 0 Å². The van der Waals surface area contributed by atoms with Crippen molar-refractivity contribution in [1.82, 2.24) is 5.32 Å². The fourth-order valence-corrected chi connectivity index (χ4v) is 1.96. The first-order valence-electron chi connectivity index (χ1n) is 5.05. The molecule has 1 aliphatic rings. The number of rotatable bonds is 2. The van der Waals surface area contributed by atoms with E-state index in [1.54, 1.807) is 0 Å². The summed E-state index contributed by atoms with van der Waals surface area (Å²) in [5.41, 5.74) is 0. The number of hydrogen-bond donors (Lipinski definition) is 1. The molecule has 0 radical (unpaired) electrons. The molecule has 1 fully saturated rings. The van der Waals surface area contributed by atoms with Crippen LogP contribution in [0.2, 0.25) is 0 Å². The highest BCUT2D eigenvalue weighted by atomic mass is 79.9. The van der Waals surface area contributed by atoms with Crippen molar-refractivity contribution in [3.63, 3.8) is 0 Å². The maximum atomic E-state index is 11.4. The number of carbonyl (C=O) groups is 1. The third kappa shape index (κ3) is 3.29. The number of hydrogen-bond acceptors (Lipinski definition) is 1. The summed E-state index contributed by atoms with van der Waals surface area (Å²) in [7, 11) is 0. The Labute approximate surface area is 88.6 Å². The average Bonchev–Trinajstić information content (AvgIpc) is 2.08. The quantitative estimate of drug-likeness (QED) is 0.747. The number of amides is 1. The second kappa shape index (κ2) is 4.99. The van der Waals surface area contributed by atoms with Crippen molar-refractivity contribution in [3.05, 3.63) is 0 Å². The minimum absolute atomic E-state index is 0.0679. The molecule has 0 saturated heterocycles. The third-order valence-corrected chi connectivity index (χ3v) is 3.22. The van der Waals surface area contributed by atoms with Crippen molar-refractivity contribution in [2.24, 2.45) is 5.92 Å². The van der Waals surface area contributed by atoms with Crippen molar-refractivity contribution < 1.29 is 4.79 Å². The van der Waals surface area contributed by atoms with Gasteiger partial charge in [0.2, 0.25) is 5.91 Å². The molecule has 76 valence electrons. The minimum atomic E-state index is -0.0679. The lowest BCUT2D eigenvalue weighted by molar-refractivity contribution is -0.121. The first kappa shape index (κ1) is 11.0. The summed E-state index contributed by atoms with van der Waals surface area (Å²) in [5, 5.41) is 3.08. The maximum absolute atomic E-state index is 11.4. The lowest BCUT2D eigenvalue weighted by Gasteiger charge is -2.29. The molecule has 0 aromatic carbocycles. The van der Waals surface area contributed by atoms with Gasteiger partial charge < -0.3 is 5.32 Å². The monoisotopic (exact) mass is 247 g/mol. The van der Waals surface area contributed by atoms with Crippen LogP contribution in [0.3, 0.4) is 0 Å². The van der Waals surface area contributed by atoms with E-state index in [-0.39, 0.29) is 10.7 Å². The van der Waals surface area contributed by atoms with E-state index >= 15 is 0 Å². The average molecular weight is 248 g/mol. The Kier molecular flexibility index (Phi) is 4.23. The molecular formula is C10H18BrNO. The van der Waals surface area contributed by atoms with Crippen LogP contribution in [0, 0.1) is 5.92 Å². The molecule has 1 N–H and O–H groups in total. The zero-order valence-corrected chi connectivity index (χ0v) is 9.93. The summed E-state index contributed by atoms with van der Waals surface area (Å²) < 4.78 is 0. The van der Waals surface area contributed by atoms with E-state index < -0.39 is 0 Å². The smallest absolute Gasteiger partial charge is 0.233 e. The Bertz CT molecular complexity index is 182. The van der Waals surface area contributed by atoms with Crippen LogP contribution in [0.25, 0.3) is 0 Å². The summed E-state index contributed by atoms with van der Waals surface area (Å²) in [6.07, 6.45) is 4.97. The molecule has 3 atom stereocenters. The second-order valence-corrected chi connectivity index (χ2v) is 5.37. The molecule has 1 saturated carbocycles. The Balaban J connectivity index is 2.38. The highest BCUT2D eigenvalue weighted by molar-refractivity contribution is 9.10. The highest BCUT2D eigenvalue weighted by Gasteiger charge is 2.23. The summed E-state index contributed by atoms with van der Waals surface area (Å²) in [6, 6.07) is 0.404. The summed E-state index contributed by atoms with van der Waals surface area (Å²) >= 11 is 3.27. The van der Waals surface area contributed by atoms with Crippen LogP contribution >= 0.6 is 15.9 Å². The second-order valence-electron chi connectivity index (χ2n) is 3.99. The number of nitrogens with one attached hydrogen (secondary N) is 1. The van der Waals surface area contributed by atoms with E-state index in [1.165, 1.54) is 19.3 Å². The largest absolute Gasteiger partial charge is 0.352 e. The minimum Gasteiger partial charge on any atom is -0.352 e. The Morgan fingerprint density at radius 1 is 1.46 bits per heavy atom. The molecule has 1 aliphatic carbocycles. The van der Waals surface area contributed by atoms with Gasteiger partial charge in [0.1, 0.15) is 0 Å². The molecule has 3 unspecified atom stereocenters. The zero-order chi connectivity index (χ0) is 9.84. The topological polar surface area (TPSA) is 29.1 Å². The van der Waals surface area contributed by atoms with E-state index in [2.05, 4.69) is 28.2 Å². The molecule has 1 rings (SSSR count). The van der Waals surface area contributed by atoms with Crippen LogP contribution in [-0.2, 0) is 4.79 Å². The van der Waals surface area contributed by atoms with Crippen molar-refractivity contribution >= 4 is 21.8 Å². The fraction of sp³-hybridized carbons (Fsp3) is 0.900. The Morgan fingerprint density at radius 3 is 2.62 bits per heavy atom. The molecule has 1 amide bonds. The fourth-order valence-electron chi connectivity index (χ4n) is 1.83. The SMILES string of the molecule is CC(Br)C(=O)NC1CCCCC1C. The highest BCUT2D eigenvalue weighted by Crippen LogP contribution is 2.23. The molecule has 2 nitrogen and oxygen atoms in total. The van der Waals surface area contributed by atoms with Crippen molar-refractivity contribution in [2.45, 2.75) is 50.4 Å². The first-order valence-corrected chi connectivity index (χ1v) is 5.97. The molecule has 0 aromatic heterocycles. The first-order chi connectivity index (χ1) is 6.11. The summed E-state index contributed by atoms with van der Waals surface area (Å²) in [4.78, 5) is 11.3. The van der Waals surface area contributed by atoms with Crippen molar-refractivity contribution in [1.29, 1.82) is 0 Å². The molecule has 0 spiro atoms. The van der Waals surface area contributed by atoms with Crippen LogP contribution in [0.1, 0.15) is 39.5 Å². The molecule has 0 aliphatic heterocycles. The maximum Gasteiger partial charge on any atom is 0.233 e. The number of carbonyl (C=O) groups excluding carboxylic acids is 1. The van der Waals surface area contributed by atoms with E-state index in [9.17, 15) is 4.79 Å². The van der Waals surface area contributed by atoms with Gasteiger partial charge in [0, 0.05) is 6.04 Å². The van der Waals surface area contributed by atoms with Gasteiger partial charge in [-0.3, -0.25) is 4.79 Å². The van der Waals surface area contributed by atoms with Crippen LogP contribution in [-0.4, -0.2) is 16.8 Å². The van der Waals surface area contributed by atoms with Gasteiger partial charge in [0.05, 0.1) is 4.83 Å². The normalized spacial score (nSPS) is 31.0. The number of halogens is 1. The third-order valence-electron chi connectivity index (χ3n) is 2.80. The van der Waals surface area contributed by atoms with E-state index in [1.807, 2.05) is 6.92 Å². The van der Waals surface area contributed by atoms with Crippen LogP contribution in [0.15, 0.2) is 0 Å². The molecular weight excluding hydrogens is 230 g/mol. The van der Waals surface area contributed by atoms with Gasteiger partial charge in [-0.15, -0.1) is 0 Å². The zero-order valence-electron chi connectivity index (χ0n) is 8.35. The summed E-state index contributed by atoms with van der Waals surface area (Å²) in [6.45, 7) is 4.09. The molecule has 0 bridgehead atoms. The van der Waals surface area contributed by atoms with Crippen LogP contribution in [0.4, 0.5) is 0 Å². The predicted molar refractivity (Wildman–Crippen MR) is 58.0 cm³/mol. The van der Waals surface area contributed by atoms with Crippen LogP contribution in [0.5, 0.6) is 0 Å². The van der Waals surface area contributed by atoms with E-state index in [4.69, 9.17) is 0 Å². The van der Waals surface area contributed by atoms with E-state index in [0.717, 1.165) is 6.42 Å². The van der Waals surface area contributed by atoms with Gasteiger partial charge in [-0.1, -0.05) is 35.7 Å².